The molecule has 0 saturated carbocycles. The van der Waals surface area contributed by atoms with Gasteiger partial charge in [-0.1, -0.05) is 11.6 Å². The van der Waals surface area contributed by atoms with Crippen molar-refractivity contribution in [3.63, 3.8) is 0 Å². The highest BCUT2D eigenvalue weighted by Gasteiger charge is 2.25. The lowest BCUT2D eigenvalue weighted by Crippen LogP contribution is -3.14. The van der Waals surface area contributed by atoms with Crippen LogP contribution in [0.2, 0.25) is 5.02 Å². The van der Waals surface area contributed by atoms with Crippen LogP contribution in [0, 0.1) is 0 Å². The largest absolute Gasteiger partial charge is 0.397 e. The molecule has 1 aromatic carbocycles. The zero-order valence-corrected chi connectivity index (χ0v) is 16.9. The van der Waals surface area contributed by atoms with Crippen molar-refractivity contribution in [2.75, 3.05) is 17.6 Å². The predicted molar refractivity (Wildman–Crippen MR) is 112 cm³/mol. The molecule has 0 aliphatic carbocycles. The SMILES string of the molecule is CC(C)[NH+]1CCc2nc3sc(C(=O)Nc4ccc(Cl)cc4)c(N)c3cc2C1. The van der Waals surface area contributed by atoms with Crippen LogP contribution in [0.1, 0.15) is 34.8 Å². The monoisotopic (exact) mass is 401 g/mol. The first-order chi connectivity index (χ1) is 12.9. The molecule has 140 valence electrons. The molecule has 0 spiro atoms. The van der Waals surface area contributed by atoms with Crippen molar-refractivity contribution >= 4 is 50.4 Å². The molecule has 1 atom stereocenters. The molecule has 0 radical (unpaired) electrons. The maximum atomic E-state index is 12.7. The van der Waals surface area contributed by atoms with Crippen LogP contribution in [0.25, 0.3) is 10.2 Å². The van der Waals surface area contributed by atoms with E-state index in [0.717, 1.165) is 35.4 Å². The number of nitrogen functional groups attached to an aromatic ring is 1. The normalized spacial score (nSPS) is 16.5. The fraction of sp³-hybridized carbons (Fsp3) is 0.300. The van der Waals surface area contributed by atoms with Gasteiger partial charge >= 0.3 is 0 Å². The molecule has 1 amide bonds. The molecule has 27 heavy (non-hydrogen) atoms. The third-order valence-electron chi connectivity index (χ3n) is 5.11. The number of nitrogens with two attached hydrogens (primary N) is 1. The fourth-order valence-corrected chi connectivity index (χ4v) is 4.60. The maximum absolute atomic E-state index is 12.7. The quantitative estimate of drug-likeness (QED) is 0.631. The second-order valence-electron chi connectivity index (χ2n) is 7.24. The van der Waals surface area contributed by atoms with Crippen molar-refractivity contribution in [2.24, 2.45) is 0 Å². The Balaban J connectivity index is 1.66. The molecule has 0 fully saturated rings. The summed E-state index contributed by atoms with van der Waals surface area (Å²) in [7, 11) is 0. The molecule has 4 rings (SSSR count). The van der Waals surface area contributed by atoms with Crippen LogP contribution < -0.4 is 16.0 Å². The summed E-state index contributed by atoms with van der Waals surface area (Å²) in [5.74, 6) is -0.217. The maximum Gasteiger partial charge on any atom is 0.267 e. The van der Waals surface area contributed by atoms with Crippen LogP contribution in [0.4, 0.5) is 11.4 Å². The van der Waals surface area contributed by atoms with Crippen LogP contribution in [0.15, 0.2) is 30.3 Å². The number of amides is 1. The minimum atomic E-state index is -0.217. The lowest BCUT2D eigenvalue weighted by atomic mass is 10.0. The van der Waals surface area contributed by atoms with Crippen molar-refractivity contribution < 1.29 is 9.69 Å². The number of carbonyl (C=O) groups excluding carboxylic acids is 1. The number of aromatic nitrogens is 1. The Morgan fingerprint density at radius 2 is 2.07 bits per heavy atom. The molecule has 4 N–H and O–H groups in total. The molecular weight excluding hydrogens is 380 g/mol. The minimum absolute atomic E-state index is 0.217. The van der Waals surface area contributed by atoms with Crippen LogP contribution in [-0.2, 0) is 13.0 Å². The Hall–Kier alpha value is -2.15. The van der Waals surface area contributed by atoms with Gasteiger partial charge in [-0.3, -0.25) is 4.79 Å². The lowest BCUT2D eigenvalue weighted by Gasteiger charge is -2.28. The van der Waals surface area contributed by atoms with Crippen molar-refractivity contribution in [1.82, 2.24) is 4.98 Å². The van der Waals surface area contributed by atoms with E-state index >= 15 is 0 Å². The highest BCUT2D eigenvalue weighted by molar-refractivity contribution is 7.21. The summed E-state index contributed by atoms with van der Waals surface area (Å²) >= 11 is 7.25. The van der Waals surface area contributed by atoms with Gasteiger partial charge in [-0.15, -0.1) is 11.3 Å². The number of pyridine rings is 1. The Bertz CT molecular complexity index is 1010. The molecule has 1 unspecified atom stereocenters. The molecule has 2 aromatic heterocycles. The van der Waals surface area contributed by atoms with Crippen LogP contribution in [0.3, 0.4) is 0 Å². The van der Waals surface area contributed by atoms with Gasteiger partial charge in [0.15, 0.2) is 0 Å². The smallest absolute Gasteiger partial charge is 0.267 e. The second-order valence-corrected chi connectivity index (χ2v) is 8.68. The zero-order chi connectivity index (χ0) is 19.1. The van der Waals surface area contributed by atoms with Crippen LogP contribution in [0.5, 0.6) is 0 Å². The zero-order valence-electron chi connectivity index (χ0n) is 15.3. The average Bonchev–Trinajstić information content (AvgIpc) is 2.97. The van der Waals surface area contributed by atoms with E-state index in [1.165, 1.54) is 16.9 Å². The van der Waals surface area contributed by atoms with E-state index in [1.807, 2.05) is 0 Å². The Labute approximate surface area is 167 Å². The number of anilines is 2. The number of halogens is 1. The average molecular weight is 402 g/mol. The van der Waals surface area contributed by atoms with E-state index in [4.69, 9.17) is 22.3 Å². The van der Waals surface area contributed by atoms with Crippen LogP contribution in [-0.4, -0.2) is 23.5 Å². The first kappa shape index (κ1) is 18.2. The van der Waals surface area contributed by atoms with Gasteiger partial charge in [-0.2, -0.15) is 0 Å². The Kier molecular flexibility index (Phi) is 4.80. The molecule has 1 aliphatic rings. The highest BCUT2D eigenvalue weighted by atomic mass is 35.5. The van der Waals surface area contributed by atoms with Crippen molar-refractivity contribution in [2.45, 2.75) is 32.9 Å². The summed E-state index contributed by atoms with van der Waals surface area (Å²) in [4.78, 5) is 20.4. The summed E-state index contributed by atoms with van der Waals surface area (Å²) in [6, 6.07) is 9.72. The summed E-state index contributed by atoms with van der Waals surface area (Å²) in [5.41, 5.74) is 9.90. The van der Waals surface area contributed by atoms with Gasteiger partial charge in [-0.25, -0.2) is 4.98 Å². The topological polar surface area (TPSA) is 72.5 Å². The van der Waals surface area contributed by atoms with E-state index < -0.39 is 0 Å². The summed E-state index contributed by atoms with van der Waals surface area (Å²) in [5, 5.41) is 4.39. The van der Waals surface area contributed by atoms with E-state index in [2.05, 4.69) is 25.2 Å². The summed E-state index contributed by atoms with van der Waals surface area (Å²) in [6.07, 6.45) is 0.961. The molecule has 1 aliphatic heterocycles. The fourth-order valence-electron chi connectivity index (χ4n) is 3.48. The van der Waals surface area contributed by atoms with E-state index in [0.29, 0.717) is 27.3 Å². The number of thiophene rings is 1. The standard InChI is InChI=1S/C20H21ClN4OS/c1-11(2)25-8-7-16-12(10-25)9-15-17(22)18(27-20(15)24-16)19(26)23-14-5-3-13(21)4-6-14/h3-6,9,11H,7-8,10,22H2,1-2H3,(H,23,26)/p+1. The predicted octanol–water partition coefficient (Wildman–Crippen LogP) is 3.13. The third-order valence-corrected chi connectivity index (χ3v) is 6.48. The third kappa shape index (κ3) is 3.52. The van der Waals surface area contributed by atoms with E-state index in [1.54, 1.807) is 29.2 Å². The molecule has 5 nitrogen and oxygen atoms in total. The number of rotatable bonds is 3. The molecule has 0 saturated heterocycles. The van der Waals surface area contributed by atoms with E-state index in [-0.39, 0.29) is 5.91 Å². The minimum Gasteiger partial charge on any atom is -0.397 e. The van der Waals surface area contributed by atoms with Gasteiger partial charge in [0.2, 0.25) is 0 Å². The molecule has 3 aromatic rings. The number of nitrogens with one attached hydrogen (secondary N) is 2. The van der Waals surface area contributed by atoms with Crippen molar-refractivity contribution in [3.8, 4) is 0 Å². The number of hydrogen-bond donors (Lipinski definition) is 3. The number of benzene rings is 1. The second kappa shape index (κ2) is 7.11. The number of fused-ring (bicyclic) bond motifs is 2. The van der Waals surface area contributed by atoms with Gasteiger partial charge in [0.1, 0.15) is 16.3 Å². The number of quaternary nitrogens is 1. The Morgan fingerprint density at radius 3 is 2.78 bits per heavy atom. The lowest BCUT2D eigenvalue weighted by molar-refractivity contribution is -0.936. The molecule has 3 heterocycles. The first-order valence-corrected chi connectivity index (χ1v) is 10.2. The summed E-state index contributed by atoms with van der Waals surface area (Å²) < 4.78 is 0. The number of nitrogens with zero attached hydrogens (tertiary/aromatic N) is 1. The molecule has 7 heteroatoms. The van der Waals surface area contributed by atoms with E-state index in [9.17, 15) is 4.79 Å². The number of carbonyl (C=O) groups is 1. The van der Waals surface area contributed by atoms with Crippen molar-refractivity contribution in [1.29, 1.82) is 0 Å². The molecule has 0 bridgehead atoms. The van der Waals surface area contributed by atoms with Gasteiger partial charge < -0.3 is 16.0 Å². The number of hydrogen-bond acceptors (Lipinski definition) is 4. The van der Waals surface area contributed by atoms with Crippen molar-refractivity contribution in [3.05, 3.63) is 51.5 Å². The summed E-state index contributed by atoms with van der Waals surface area (Å²) in [6.45, 7) is 6.53. The van der Waals surface area contributed by atoms with Gasteiger partial charge in [0, 0.05) is 28.1 Å². The van der Waals surface area contributed by atoms with Crippen LogP contribution >= 0.6 is 22.9 Å². The highest BCUT2D eigenvalue weighted by Crippen LogP contribution is 2.34. The van der Waals surface area contributed by atoms with Gasteiger partial charge in [0.05, 0.1) is 24.0 Å². The first-order valence-electron chi connectivity index (χ1n) is 9.04. The molecular formula is C20H22ClN4OS+. The van der Waals surface area contributed by atoms with Gasteiger partial charge in [-0.05, 0) is 44.2 Å². The Morgan fingerprint density at radius 1 is 1.33 bits per heavy atom. The van der Waals surface area contributed by atoms with Gasteiger partial charge in [0.25, 0.3) is 5.91 Å².